The molecule has 0 aliphatic rings. The molecule has 0 saturated heterocycles. The summed E-state index contributed by atoms with van der Waals surface area (Å²) in [6, 6.07) is 3.84. The Labute approximate surface area is 127 Å². The van der Waals surface area contributed by atoms with Crippen LogP contribution in [0.1, 0.15) is 43.6 Å². The summed E-state index contributed by atoms with van der Waals surface area (Å²) >= 11 is 0. The van der Waals surface area contributed by atoms with E-state index in [1.165, 1.54) is 0 Å². The average Bonchev–Trinajstić information content (AvgIpc) is 2.51. The standard InChI is InChI=1S/C16H27N3O2/c1-4-10-19(11-5-2)14-7-9-17-15(13-14)16(20)18-8-6-12-21-3/h7,9,13H,4-6,8,10-12H2,1-3H3,(H,18,20). The first-order valence-corrected chi connectivity index (χ1v) is 7.71. The van der Waals surface area contributed by atoms with Crippen molar-refractivity contribution in [1.29, 1.82) is 0 Å². The lowest BCUT2D eigenvalue weighted by Gasteiger charge is -2.23. The minimum Gasteiger partial charge on any atom is -0.385 e. The molecule has 5 nitrogen and oxygen atoms in total. The molecule has 1 rings (SSSR count). The fourth-order valence-electron chi connectivity index (χ4n) is 2.16. The van der Waals surface area contributed by atoms with Crippen LogP contribution < -0.4 is 10.2 Å². The Morgan fingerprint density at radius 3 is 2.67 bits per heavy atom. The summed E-state index contributed by atoms with van der Waals surface area (Å²) in [5.41, 5.74) is 1.54. The van der Waals surface area contributed by atoms with Crippen molar-refractivity contribution in [2.24, 2.45) is 0 Å². The number of anilines is 1. The highest BCUT2D eigenvalue weighted by Crippen LogP contribution is 2.15. The van der Waals surface area contributed by atoms with Crippen LogP contribution in [0.15, 0.2) is 18.3 Å². The number of hydrogen-bond donors (Lipinski definition) is 1. The van der Waals surface area contributed by atoms with E-state index in [4.69, 9.17) is 4.74 Å². The van der Waals surface area contributed by atoms with Crippen molar-refractivity contribution in [3.63, 3.8) is 0 Å². The first-order chi connectivity index (χ1) is 10.2. The molecule has 0 aliphatic heterocycles. The second kappa shape index (κ2) is 10.2. The molecule has 0 unspecified atom stereocenters. The van der Waals surface area contributed by atoms with Gasteiger partial charge in [0.1, 0.15) is 5.69 Å². The molecule has 1 aromatic heterocycles. The number of hydrogen-bond acceptors (Lipinski definition) is 4. The Bertz CT molecular complexity index is 418. The minimum atomic E-state index is -0.124. The number of aromatic nitrogens is 1. The van der Waals surface area contributed by atoms with Crippen molar-refractivity contribution >= 4 is 11.6 Å². The molecule has 0 aliphatic carbocycles. The molecular formula is C16H27N3O2. The van der Waals surface area contributed by atoms with Gasteiger partial charge in [0.25, 0.3) is 5.91 Å². The molecule has 1 aromatic rings. The van der Waals surface area contributed by atoms with Crippen molar-refractivity contribution in [2.75, 3.05) is 38.3 Å². The van der Waals surface area contributed by atoms with Gasteiger partial charge in [-0.25, -0.2) is 0 Å². The third kappa shape index (κ3) is 6.12. The van der Waals surface area contributed by atoms with Crippen molar-refractivity contribution < 1.29 is 9.53 Å². The Kier molecular flexibility index (Phi) is 8.43. The van der Waals surface area contributed by atoms with Crippen molar-refractivity contribution in [2.45, 2.75) is 33.1 Å². The van der Waals surface area contributed by atoms with Gasteiger partial charge in [-0.3, -0.25) is 9.78 Å². The molecule has 0 atom stereocenters. The molecule has 0 aromatic carbocycles. The minimum absolute atomic E-state index is 0.124. The fraction of sp³-hybridized carbons (Fsp3) is 0.625. The number of carbonyl (C=O) groups is 1. The van der Waals surface area contributed by atoms with E-state index >= 15 is 0 Å². The third-order valence-electron chi connectivity index (χ3n) is 3.14. The highest BCUT2D eigenvalue weighted by molar-refractivity contribution is 5.93. The third-order valence-corrected chi connectivity index (χ3v) is 3.14. The van der Waals surface area contributed by atoms with Gasteiger partial charge in [-0.05, 0) is 31.4 Å². The van der Waals surface area contributed by atoms with E-state index in [-0.39, 0.29) is 5.91 Å². The van der Waals surface area contributed by atoms with E-state index in [1.54, 1.807) is 13.3 Å². The van der Waals surface area contributed by atoms with Crippen molar-refractivity contribution in [3.05, 3.63) is 24.0 Å². The molecule has 1 heterocycles. The number of amides is 1. The number of ether oxygens (including phenoxy) is 1. The predicted octanol–water partition coefficient (Wildman–Crippen LogP) is 2.47. The number of pyridine rings is 1. The van der Waals surface area contributed by atoms with Crippen LogP contribution in [0.2, 0.25) is 0 Å². The number of carbonyl (C=O) groups excluding carboxylic acids is 1. The summed E-state index contributed by atoms with van der Waals surface area (Å²) in [5.74, 6) is -0.124. The Morgan fingerprint density at radius 1 is 1.33 bits per heavy atom. The Hall–Kier alpha value is -1.62. The number of methoxy groups -OCH3 is 1. The van der Waals surface area contributed by atoms with E-state index in [0.29, 0.717) is 18.8 Å². The van der Waals surface area contributed by atoms with Gasteiger partial charge in [0.15, 0.2) is 0 Å². The maximum absolute atomic E-state index is 12.1. The molecule has 0 bridgehead atoms. The van der Waals surface area contributed by atoms with Gasteiger partial charge in [-0.1, -0.05) is 13.8 Å². The maximum atomic E-state index is 12.1. The first-order valence-electron chi connectivity index (χ1n) is 7.71. The first kappa shape index (κ1) is 17.4. The van der Waals surface area contributed by atoms with E-state index in [2.05, 4.69) is 29.0 Å². The summed E-state index contributed by atoms with van der Waals surface area (Å²) in [5, 5.41) is 2.86. The summed E-state index contributed by atoms with van der Waals surface area (Å²) < 4.78 is 4.96. The van der Waals surface area contributed by atoms with E-state index in [1.807, 2.05) is 12.1 Å². The lowest BCUT2D eigenvalue weighted by molar-refractivity contribution is 0.0943. The van der Waals surface area contributed by atoms with Gasteiger partial charge in [-0.15, -0.1) is 0 Å². The van der Waals surface area contributed by atoms with E-state index < -0.39 is 0 Å². The smallest absolute Gasteiger partial charge is 0.269 e. The van der Waals surface area contributed by atoms with Gasteiger partial charge < -0.3 is 15.0 Å². The normalized spacial score (nSPS) is 10.4. The van der Waals surface area contributed by atoms with Crippen molar-refractivity contribution in [3.8, 4) is 0 Å². The van der Waals surface area contributed by atoms with Crippen molar-refractivity contribution in [1.82, 2.24) is 10.3 Å². The van der Waals surface area contributed by atoms with Crippen LogP contribution in [0.4, 0.5) is 5.69 Å². The molecule has 1 amide bonds. The van der Waals surface area contributed by atoms with Gasteiger partial charge in [0.05, 0.1) is 0 Å². The van der Waals surface area contributed by atoms with Gasteiger partial charge in [0.2, 0.25) is 0 Å². The highest BCUT2D eigenvalue weighted by atomic mass is 16.5. The SMILES string of the molecule is CCCN(CCC)c1ccnc(C(=O)NCCCOC)c1. The lowest BCUT2D eigenvalue weighted by Crippen LogP contribution is -2.28. The predicted molar refractivity (Wildman–Crippen MR) is 85.9 cm³/mol. The van der Waals surface area contributed by atoms with E-state index in [9.17, 15) is 4.79 Å². The van der Waals surface area contributed by atoms with Gasteiger partial charge >= 0.3 is 0 Å². The van der Waals surface area contributed by atoms with Crippen LogP contribution in [0.5, 0.6) is 0 Å². The number of rotatable bonds is 10. The van der Waals surface area contributed by atoms with Crippen LogP contribution in [0.25, 0.3) is 0 Å². The summed E-state index contributed by atoms with van der Waals surface area (Å²) in [7, 11) is 1.66. The maximum Gasteiger partial charge on any atom is 0.269 e. The quantitative estimate of drug-likeness (QED) is 0.673. The molecule has 0 fully saturated rings. The molecule has 118 valence electrons. The monoisotopic (exact) mass is 293 g/mol. The van der Waals surface area contributed by atoms with Crippen LogP contribution in [0, 0.1) is 0 Å². The zero-order valence-corrected chi connectivity index (χ0v) is 13.4. The molecule has 21 heavy (non-hydrogen) atoms. The topological polar surface area (TPSA) is 54.5 Å². The second-order valence-electron chi connectivity index (χ2n) is 4.99. The van der Waals surface area contributed by atoms with Gasteiger partial charge in [0, 0.05) is 45.2 Å². The molecule has 0 radical (unpaired) electrons. The Balaban J connectivity index is 2.67. The zero-order valence-electron chi connectivity index (χ0n) is 13.4. The lowest BCUT2D eigenvalue weighted by atomic mass is 10.2. The second-order valence-corrected chi connectivity index (χ2v) is 4.99. The van der Waals surface area contributed by atoms with Crippen LogP contribution >= 0.6 is 0 Å². The highest BCUT2D eigenvalue weighted by Gasteiger charge is 2.10. The fourth-order valence-corrected chi connectivity index (χ4v) is 2.16. The van der Waals surface area contributed by atoms with Crippen LogP contribution in [-0.2, 0) is 4.74 Å². The van der Waals surface area contributed by atoms with E-state index in [0.717, 1.165) is 38.0 Å². The summed E-state index contributed by atoms with van der Waals surface area (Å²) in [6.07, 6.45) is 4.68. The molecular weight excluding hydrogens is 266 g/mol. The molecule has 5 heteroatoms. The largest absolute Gasteiger partial charge is 0.385 e. The summed E-state index contributed by atoms with van der Waals surface area (Å²) in [6.45, 7) is 7.56. The molecule has 0 saturated carbocycles. The van der Waals surface area contributed by atoms with Crippen LogP contribution in [-0.4, -0.2) is 44.2 Å². The molecule has 1 N–H and O–H groups in total. The van der Waals surface area contributed by atoms with Gasteiger partial charge in [-0.2, -0.15) is 0 Å². The Morgan fingerprint density at radius 2 is 2.05 bits per heavy atom. The number of nitrogens with one attached hydrogen (secondary N) is 1. The van der Waals surface area contributed by atoms with Crippen LogP contribution in [0.3, 0.4) is 0 Å². The summed E-state index contributed by atoms with van der Waals surface area (Å²) in [4.78, 5) is 18.5. The zero-order chi connectivity index (χ0) is 15.5. The number of nitrogens with zero attached hydrogens (tertiary/aromatic N) is 2. The molecule has 0 spiro atoms. The average molecular weight is 293 g/mol.